The van der Waals surface area contributed by atoms with E-state index in [2.05, 4.69) is 21.8 Å². The highest BCUT2D eigenvalue weighted by Gasteiger charge is 1.95. The number of fused-ring (bicyclic) bond motifs is 1. The Hall–Kier alpha value is -1.88. The van der Waals surface area contributed by atoms with Gasteiger partial charge in [0.1, 0.15) is 0 Å². The van der Waals surface area contributed by atoms with Crippen molar-refractivity contribution in [2.24, 2.45) is 0 Å². The second kappa shape index (κ2) is 3.89. The van der Waals surface area contributed by atoms with Crippen LogP contribution in [-0.2, 0) is 6.42 Å². The van der Waals surface area contributed by atoms with Crippen molar-refractivity contribution >= 4 is 11.0 Å². The van der Waals surface area contributed by atoms with Crippen LogP contribution in [0.4, 0.5) is 0 Å². The third-order valence-corrected chi connectivity index (χ3v) is 2.00. The first-order valence-corrected chi connectivity index (χ1v) is 4.49. The zero-order valence-electron chi connectivity index (χ0n) is 7.99. The summed E-state index contributed by atoms with van der Waals surface area (Å²) in [5.41, 5.74) is 3.05. The molecule has 14 heavy (non-hydrogen) atoms. The lowest BCUT2D eigenvalue weighted by molar-refractivity contribution is 1.26. The van der Waals surface area contributed by atoms with E-state index in [9.17, 15) is 0 Å². The lowest BCUT2D eigenvalue weighted by Crippen LogP contribution is -1.86. The van der Waals surface area contributed by atoms with Crippen molar-refractivity contribution in [3.63, 3.8) is 0 Å². The van der Waals surface area contributed by atoms with Crippen LogP contribution in [0.25, 0.3) is 11.0 Å². The molecular formula is C12H10N2. The van der Waals surface area contributed by atoms with Crippen LogP contribution >= 0.6 is 0 Å². The molecule has 0 atom stereocenters. The molecule has 0 unspecified atom stereocenters. The second-order valence-corrected chi connectivity index (χ2v) is 2.98. The van der Waals surface area contributed by atoms with Crippen LogP contribution in [0.1, 0.15) is 12.5 Å². The Balaban J connectivity index is 2.44. The molecule has 0 radical (unpaired) electrons. The van der Waals surface area contributed by atoms with Crippen LogP contribution in [0.15, 0.2) is 30.6 Å². The molecule has 2 nitrogen and oxygen atoms in total. The average molecular weight is 182 g/mol. The molecule has 0 aliphatic carbocycles. The Kier molecular flexibility index (Phi) is 2.42. The van der Waals surface area contributed by atoms with Crippen LogP contribution in [0.5, 0.6) is 0 Å². The summed E-state index contributed by atoms with van der Waals surface area (Å²) in [4.78, 5) is 8.44. The zero-order valence-corrected chi connectivity index (χ0v) is 7.99. The van der Waals surface area contributed by atoms with Gasteiger partial charge in [-0.25, -0.2) is 0 Å². The van der Waals surface area contributed by atoms with Gasteiger partial charge in [-0.1, -0.05) is 12.0 Å². The van der Waals surface area contributed by atoms with Gasteiger partial charge in [0.05, 0.1) is 11.0 Å². The Bertz CT molecular complexity index is 506. The maximum absolute atomic E-state index is 4.24. The third kappa shape index (κ3) is 1.72. The predicted molar refractivity (Wildman–Crippen MR) is 56.7 cm³/mol. The largest absolute Gasteiger partial charge is 0.253 e. The van der Waals surface area contributed by atoms with E-state index < -0.39 is 0 Å². The number of aromatic nitrogens is 2. The minimum Gasteiger partial charge on any atom is -0.253 e. The summed E-state index contributed by atoms with van der Waals surface area (Å²) in [7, 11) is 0. The van der Waals surface area contributed by atoms with Gasteiger partial charge in [-0.05, 0) is 24.6 Å². The Labute approximate surface area is 83.0 Å². The van der Waals surface area contributed by atoms with Gasteiger partial charge >= 0.3 is 0 Å². The molecule has 0 bridgehead atoms. The third-order valence-electron chi connectivity index (χ3n) is 2.00. The quantitative estimate of drug-likeness (QED) is 0.632. The van der Waals surface area contributed by atoms with Crippen molar-refractivity contribution in [3.8, 4) is 11.8 Å². The monoisotopic (exact) mass is 182 g/mol. The summed E-state index contributed by atoms with van der Waals surface area (Å²) < 4.78 is 0. The molecule has 0 aliphatic heterocycles. The lowest BCUT2D eigenvalue weighted by atomic mass is 10.1. The number of rotatable bonds is 1. The molecule has 0 amide bonds. The summed E-state index contributed by atoms with van der Waals surface area (Å²) >= 11 is 0. The van der Waals surface area contributed by atoms with Crippen molar-refractivity contribution in [3.05, 3.63) is 36.2 Å². The fourth-order valence-corrected chi connectivity index (χ4v) is 1.31. The van der Waals surface area contributed by atoms with Crippen LogP contribution in [0.2, 0.25) is 0 Å². The number of nitrogens with zero attached hydrogens (tertiary/aromatic N) is 2. The minimum absolute atomic E-state index is 0.781. The maximum Gasteiger partial charge on any atom is 0.0889 e. The van der Waals surface area contributed by atoms with E-state index in [0.29, 0.717) is 0 Å². The highest BCUT2D eigenvalue weighted by Crippen LogP contribution is 2.10. The SMILES string of the molecule is CC#CCc1ccc2nccnc2c1. The summed E-state index contributed by atoms with van der Waals surface area (Å²) in [6.07, 6.45) is 4.19. The van der Waals surface area contributed by atoms with E-state index in [-0.39, 0.29) is 0 Å². The highest BCUT2D eigenvalue weighted by atomic mass is 14.8. The highest BCUT2D eigenvalue weighted by molar-refractivity contribution is 5.74. The van der Waals surface area contributed by atoms with Gasteiger partial charge in [0.2, 0.25) is 0 Å². The molecule has 1 heterocycles. The van der Waals surface area contributed by atoms with Crippen LogP contribution in [-0.4, -0.2) is 9.97 Å². The normalized spacial score (nSPS) is 9.50. The predicted octanol–water partition coefficient (Wildman–Crippen LogP) is 2.20. The van der Waals surface area contributed by atoms with E-state index in [0.717, 1.165) is 17.5 Å². The molecule has 2 rings (SSSR count). The molecule has 68 valence electrons. The fraction of sp³-hybridized carbons (Fsp3) is 0.167. The maximum atomic E-state index is 4.24. The number of hydrogen-bond acceptors (Lipinski definition) is 2. The van der Waals surface area contributed by atoms with Crippen molar-refractivity contribution in [2.75, 3.05) is 0 Å². The molecular weight excluding hydrogens is 172 g/mol. The van der Waals surface area contributed by atoms with Crippen LogP contribution in [0.3, 0.4) is 0 Å². The summed E-state index contributed by atoms with van der Waals surface area (Å²) in [6, 6.07) is 6.06. The van der Waals surface area contributed by atoms with Gasteiger partial charge in [0.25, 0.3) is 0 Å². The van der Waals surface area contributed by atoms with Gasteiger partial charge in [-0.3, -0.25) is 9.97 Å². The Morgan fingerprint density at radius 1 is 1.14 bits per heavy atom. The van der Waals surface area contributed by atoms with Crippen molar-refractivity contribution in [2.45, 2.75) is 13.3 Å². The van der Waals surface area contributed by atoms with Gasteiger partial charge in [-0.15, -0.1) is 5.92 Å². The molecule has 0 spiro atoms. The molecule has 2 aromatic rings. The van der Waals surface area contributed by atoms with E-state index in [4.69, 9.17) is 0 Å². The molecule has 0 fully saturated rings. The van der Waals surface area contributed by atoms with E-state index in [1.807, 2.05) is 25.1 Å². The van der Waals surface area contributed by atoms with E-state index >= 15 is 0 Å². The fourth-order valence-electron chi connectivity index (χ4n) is 1.31. The smallest absolute Gasteiger partial charge is 0.0889 e. The molecule has 0 saturated carbocycles. The molecule has 2 heteroatoms. The molecule has 0 saturated heterocycles. The topological polar surface area (TPSA) is 25.8 Å². The van der Waals surface area contributed by atoms with Gasteiger partial charge in [-0.2, -0.15) is 0 Å². The first-order chi connectivity index (χ1) is 6.90. The van der Waals surface area contributed by atoms with E-state index in [1.165, 1.54) is 5.56 Å². The Morgan fingerprint density at radius 2 is 1.93 bits per heavy atom. The van der Waals surface area contributed by atoms with Gasteiger partial charge in [0.15, 0.2) is 0 Å². The summed E-state index contributed by atoms with van der Waals surface area (Å²) in [5, 5.41) is 0. The Morgan fingerprint density at radius 3 is 2.71 bits per heavy atom. The first kappa shape index (κ1) is 8.71. The van der Waals surface area contributed by atoms with Crippen LogP contribution < -0.4 is 0 Å². The minimum atomic E-state index is 0.781. The average Bonchev–Trinajstić information content (AvgIpc) is 2.26. The molecule has 1 aromatic heterocycles. The molecule has 0 aliphatic rings. The van der Waals surface area contributed by atoms with Crippen molar-refractivity contribution < 1.29 is 0 Å². The van der Waals surface area contributed by atoms with Crippen molar-refractivity contribution in [1.82, 2.24) is 9.97 Å². The van der Waals surface area contributed by atoms with Gasteiger partial charge < -0.3 is 0 Å². The number of hydrogen-bond donors (Lipinski definition) is 0. The van der Waals surface area contributed by atoms with Crippen molar-refractivity contribution in [1.29, 1.82) is 0 Å². The number of benzene rings is 1. The second-order valence-electron chi connectivity index (χ2n) is 2.98. The van der Waals surface area contributed by atoms with E-state index in [1.54, 1.807) is 12.4 Å². The van der Waals surface area contributed by atoms with Gasteiger partial charge in [0, 0.05) is 18.8 Å². The summed E-state index contributed by atoms with van der Waals surface area (Å²) in [5.74, 6) is 5.91. The molecule has 1 aromatic carbocycles. The standard InChI is InChI=1S/C12H10N2/c1-2-3-4-10-5-6-11-12(9-10)14-8-7-13-11/h5-9H,4H2,1H3. The first-order valence-electron chi connectivity index (χ1n) is 4.49. The lowest BCUT2D eigenvalue weighted by Gasteiger charge is -1.97. The molecule has 0 N–H and O–H groups in total. The zero-order chi connectivity index (χ0) is 9.80. The van der Waals surface area contributed by atoms with Crippen LogP contribution in [0, 0.1) is 11.8 Å². The summed E-state index contributed by atoms with van der Waals surface area (Å²) in [6.45, 7) is 1.85.